The largest absolute Gasteiger partial charge is 0.448 e. The standard InChI is InChI=1S/C18H18N4O2/c23-18(15-11-24-17(21-15)9-13-5-6-13)20-10-14-3-1-2-4-16(14)22-8-7-19-12-22/h1-4,7-8,11-13H,5-6,9-10H2,(H,20,23). The highest BCUT2D eigenvalue weighted by molar-refractivity contribution is 5.91. The first kappa shape index (κ1) is 14.7. The molecular weight excluding hydrogens is 304 g/mol. The number of aromatic nitrogens is 3. The van der Waals surface area contributed by atoms with E-state index in [1.165, 1.54) is 19.1 Å². The van der Waals surface area contributed by atoms with E-state index in [0.717, 1.165) is 17.7 Å². The van der Waals surface area contributed by atoms with Crippen molar-refractivity contribution in [3.63, 3.8) is 0 Å². The van der Waals surface area contributed by atoms with Crippen molar-refractivity contribution in [1.82, 2.24) is 19.9 Å². The van der Waals surface area contributed by atoms with Crippen LogP contribution < -0.4 is 5.32 Å². The van der Waals surface area contributed by atoms with Crippen LogP contribution in [0.3, 0.4) is 0 Å². The third kappa shape index (κ3) is 3.22. The molecule has 0 bridgehead atoms. The predicted molar refractivity (Wildman–Crippen MR) is 87.7 cm³/mol. The first-order valence-corrected chi connectivity index (χ1v) is 8.08. The fourth-order valence-corrected chi connectivity index (χ4v) is 2.66. The Morgan fingerprint density at radius 1 is 1.33 bits per heavy atom. The van der Waals surface area contributed by atoms with Crippen LogP contribution in [-0.2, 0) is 13.0 Å². The van der Waals surface area contributed by atoms with Crippen LogP contribution in [0.5, 0.6) is 0 Å². The van der Waals surface area contributed by atoms with Gasteiger partial charge in [-0.1, -0.05) is 18.2 Å². The van der Waals surface area contributed by atoms with Gasteiger partial charge in [0.2, 0.25) is 0 Å². The van der Waals surface area contributed by atoms with Crippen LogP contribution in [0.4, 0.5) is 0 Å². The Kier molecular flexibility index (Phi) is 3.86. The van der Waals surface area contributed by atoms with Gasteiger partial charge in [0.05, 0.1) is 12.0 Å². The number of hydrogen-bond acceptors (Lipinski definition) is 4. The topological polar surface area (TPSA) is 73.0 Å². The fraction of sp³-hybridized carbons (Fsp3) is 0.278. The molecule has 0 spiro atoms. The van der Waals surface area contributed by atoms with Gasteiger partial charge in [0, 0.05) is 25.4 Å². The van der Waals surface area contributed by atoms with E-state index in [4.69, 9.17) is 4.42 Å². The van der Waals surface area contributed by atoms with E-state index in [1.54, 1.807) is 12.5 Å². The Balaban J connectivity index is 1.43. The van der Waals surface area contributed by atoms with E-state index in [9.17, 15) is 4.79 Å². The molecule has 0 atom stereocenters. The molecule has 3 aromatic rings. The molecular formula is C18H18N4O2. The molecule has 6 heteroatoms. The molecule has 1 aliphatic rings. The molecule has 1 N–H and O–H groups in total. The van der Waals surface area contributed by atoms with Gasteiger partial charge < -0.3 is 14.3 Å². The molecule has 4 rings (SSSR count). The first-order chi connectivity index (χ1) is 11.8. The van der Waals surface area contributed by atoms with Crippen molar-refractivity contribution in [2.24, 2.45) is 5.92 Å². The normalized spacial score (nSPS) is 13.8. The SMILES string of the molecule is O=C(NCc1ccccc1-n1ccnc1)c1coc(CC2CC2)n1. The van der Waals surface area contributed by atoms with Gasteiger partial charge in [-0.15, -0.1) is 0 Å². The van der Waals surface area contributed by atoms with Crippen molar-refractivity contribution < 1.29 is 9.21 Å². The number of oxazole rings is 1. The summed E-state index contributed by atoms with van der Waals surface area (Å²) in [6, 6.07) is 7.89. The smallest absolute Gasteiger partial charge is 0.273 e. The van der Waals surface area contributed by atoms with Crippen LogP contribution in [0.2, 0.25) is 0 Å². The number of nitrogens with one attached hydrogen (secondary N) is 1. The molecule has 6 nitrogen and oxygen atoms in total. The molecule has 1 fully saturated rings. The van der Waals surface area contributed by atoms with Crippen LogP contribution in [0, 0.1) is 5.92 Å². The zero-order valence-corrected chi connectivity index (χ0v) is 13.2. The van der Waals surface area contributed by atoms with E-state index < -0.39 is 0 Å². The lowest BCUT2D eigenvalue weighted by molar-refractivity contribution is 0.0946. The average molecular weight is 322 g/mol. The van der Waals surface area contributed by atoms with E-state index in [0.29, 0.717) is 24.0 Å². The van der Waals surface area contributed by atoms with E-state index in [1.807, 2.05) is 35.0 Å². The summed E-state index contributed by atoms with van der Waals surface area (Å²) in [5, 5.41) is 2.90. The fourth-order valence-electron chi connectivity index (χ4n) is 2.66. The number of para-hydroxylation sites is 1. The average Bonchev–Trinajstić information content (AvgIpc) is 3.07. The number of hydrogen-bond donors (Lipinski definition) is 1. The highest BCUT2D eigenvalue weighted by Gasteiger charge is 2.24. The number of rotatable bonds is 6. The van der Waals surface area contributed by atoms with Gasteiger partial charge in [-0.3, -0.25) is 4.79 Å². The van der Waals surface area contributed by atoms with Crippen LogP contribution >= 0.6 is 0 Å². The van der Waals surface area contributed by atoms with E-state index in [2.05, 4.69) is 15.3 Å². The molecule has 0 radical (unpaired) electrons. The second-order valence-corrected chi connectivity index (χ2v) is 6.06. The van der Waals surface area contributed by atoms with Gasteiger partial charge in [-0.2, -0.15) is 0 Å². The van der Waals surface area contributed by atoms with E-state index in [-0.39, 0.29) is 5.91 Å². The Morgan fingerprint density at radius 3 is 3.00 bits per heavy atom. The van der Waals surface area contributed by atoms with Gasteiger partial charge in [-0.25, -0.2) is 9.97 Å². The molecule has 0 aliphatic heterocycles. The van der Waals surface area contributed by atoms with Gasteiger partial charge in [0.15, 0.2) is 11.6 Å². The monoisotopic (exact) mass is 322 g/mol. The molecule has 24 heavy (non-hydrogen) atoms. The summed E-state index contributed by atoms with van der Waals surface area (Å²) < 4.78 is 7.31. The minimum Gasteiger partial charge on any atom is -0.448 e. The molecule has 2 aromatic heterocycles. The Morgan fingerprint density at radius 2 is 2.21 bits per heavy atom. The predicted octanol–water partition coefficient (Wildman–Crippen LogP) is 2.74. The summed E-state index contributed by atoms with van der Waals surface area (Å²) in [7, 11) is 0. The second kappa shape index (κ2) is 6.31. The zero-order chi connectivity index (χ0) is 16.4. The maximum absolute atomic E-state index is 12.3. The van der Waals surface area contributed by atoms with Gasteiger partial charge >= 0.3 is 0 Å². The molecule has 1 saturated carbocycles. The molecule has 1 aliphatic carbocycles. The Labute approximate surface area is 139 Å². The molecule has 1 amide bonds. The minimum atomic E-state index is -0.221. The lowest BCUT2D eigenvalue weighted by Crippen LogP contribution is -2.23. The van der Waals surface area contributed by atoms with E-state index >= 15 is 0 Å². The number of imidazole rings is 1. The first-order valence-electron chi connectivity index (χ1n) is 8.08. The van der Waals surface area contributed by atoms with Crippen LogP contribution in [0.15, 0.2) is 53.7 Å². The van der Waals surface area contributed by atoms with Crippen molar-refractivity contribution in [3.8, 4) is 5.69 Å². The number of amides is 1. The Hall–Kier alpha value is -2.89. The number of benzene rings is 1. The lowest BCUT2D eigenvalue weighted by Gasteiger charge is -2.10. The maximum Gasteiger partial charge on any atom is 0.273 e. The van der Waals surface area contributed by atoms with Crippen molar-refractivity contribution >= 4 is 5.91 Å². The van der Waals surface area contributed by atoms with Gasteiger partial charge in [-0.05, 0) is 30.4 Å². The van der Waals surface area contributed by atoms with Crippen LogP contribution in [0.1, 0.15) is 34.8 Å². The minimum absolute atomic E-state index is 0.221. The van der Waals surface area contributed by atoms with Gasteiger partial charge in [0.1, 0.15) is 6.26 Å². The number of carbonyl (C=O) groups excluding carboxylic acids is 1. The van der Waals surface area contributed by atoms with Crippen molar-refractivity contribution in [2.75, 3.05) is 0 Å². The number of nitrogens with zero attached hydrogens (tertiary/aromatic N) is 3. The highest BCUT2D eigenvalue weighted by atomic mass is 16.3. The van der Waals surface area contributed by atoms with Crippen molar-refractivity contribution in [3.05, 3.63) is 66.4 Å². The van der Waals surface area contributed by atoms with Gasteiger partial charge in [0.25, 0.3) is 5.91 Å². The van der Waals surface area contributed by atoms with Crippen molar-refractivity contribution in [2.45, 2.75) is 25.8 Å². The molecule has 122 valence electrons. The molecule has 2 heterocycles. The Bertz CT molecular complexity index is 834. The number of carbonyl (C=O) groups is 1. The molecule has 0 saturated heterocycles. The second-order valence-electron chi connectivity index (χ2n) is 6.06. The van der Waals surface area contributed by atoms with Crippen LogP contribution in [-0.4, -0.2) is 20.4 Å². The summed E-state index contributed by atoms with van der Waals surface area (Å²) in [4.78, 5) is 20.6. The maximum atomic E-state index is 12.3. The highest BCUT2D eigenvalue weighted by Crippen LogP contribution is 2.32. The third-order valence-corrected chi connectivity index (χ3v) is 4.16. The van der Waals surface area contributed by atoms with Crippen molar-refractivity contribution in [1.29, 1.82) is 0 Å². The lowest BCUT2D eigenvalue weighted by atomic mass is 10.1. The molecule has 0 unspecified atom stereocenters. The zero-order valence-electron chi connectivity index (χ0n) is 13.2. The third-order valence-electron chi connectivity index (χ3n) is 4.16. The summed E-state index contributed by atoms with van der Waals surface area (Å²) in [5.41, 5.74) is 2.33. The van der Waals surface area contributed by atoms with Crippen LogP contribution in [0.25, 0.3) is 5.69 Å². The summed E-state index contributed by atoms with van der Waals surface area (Å²) >= 11 is 0. The quantitative estimate of drug-likeness (QED) is 0.757. The summed E-state index contributed by atoms with van der Waals surface area (Å²) in [6.07, 6.45) is 10.1. The summed E-state index contributed by atoms with van der Waals surface area (Å²) in [6.45, 7) is 0.415. The molecule has 1 aromatic carbocycles. The summed E-state index contributed by atoms with van der Waals surface area (Å²) in [5.74, 6) is 1.12.